The normalized spacial score (nSPS) is 21.1. The zero-order chi connectivity index (χ0) is 15.4. The van der Waals surface area contributed by atoms with Gasteiger partial charge in [-0.3, -0.25) is 9.69 Å². The zero-order valence-electron chi connectivity index (χ0n) is 13.0. The van der Waals surface area contributed by atoms with Crippen molar-refractivity contribution in [2.75, 3.05) is 29.9 Å². The minimum absolute atomic E-state index is 0. The largest absolute Gasteiger partial charge is 0.338 e. The van der Waals surface area contributed by atoms with Crippen molar-refractivity contribution in [1.29, 1.82) is 0 Å². The minimum Gasteiger partial charge on any atom is -0.338 e. The molecule has 2 aliphatic heterocycles. The zero-order valence-corrected chi connectivity index (χ0v) is 13.8. The average Bonchev–Trinajstić information content (AvgIpc) is 2.56. The standard InChI is InChI=1S/C16H22N4O2.ClH/c21-15(14-7-1-2-8-17-14)19-12-5-3-6-13(11-12)20-10-4-9-18-16(20)22;/h3,5-6,11,14,17H,1-2,4,7-10H2,(H,18,22)(H,19,21);1H. The van der Waals surface area contributed by atoms with Crippen LogP contribution in [0.3, 0.4) is 0 Å². The number of carbonyl (C=O) groups excluding carboxylic acids is 2. The Kier molecular flexibility index (Phi) is 6.24. The lowest BCUT2D eigenvalue weighted by molar-refractivity contribution is -0.118. The van der Waals surface area contributed by atoms with Gasteiger partial charge in [0.05, 0.1) is 6.04 Å². The first-order valence-electron chi connectivity index (χ1n) is 7.94. The third kappa shape index (κ3) is 4.36. The predicted octanol–water partition coefficient (Wildman–Crippen LogP) is 2.11. The van der Waals surface area contributed by atoms with Crippen LogP contribution in [0.25, 0.3) is 0 Å². The lowest BCUT2D eigenvalue weighted by Gasteiger charge is -2.28. The monoisotopic (exact) mass is 338 g/mol. The third-order valence-corrected chi connectivity index (χ3v) is 4.13. The fourth-order valence-electron chi connectivity index (χ4n) is 2.93. The Morgan fingerprint density at radius 3 is 2.83 bits per heavy atom. The van der Waals surface area contributed by atoms with Crippen molar-refractivity contribution < 1.29 is 9.59 Å². The van der Waals surface area contributed by atoms with E-state index in [1.165, 1.54) is 0 Å². The van der Waals surface area contributed by atoms with Gasteiger partial charge in [0.1, 0.15) is 0 Å². The lowest BCUT2D eigenvalue weighted by Crippen LogP contribution is -2.46. The summed E-state index contributed by atoms with van der Waals surface area (Å²) in [5.41, 5.74) is 1.54. The highest BCUT2D eigenvalue weighted by Crippen LogP contribution is 2.21. The molecular formula is C16H23ClN4O2. The van der Waals surface area contributed by atoms with Crippen LogP contribution in [0.15, 0.2) is 24.3 Å². The summed E-state index contributed by atoms with van der Waals surface area (Å²) in [4.78, 5) is 25.9. The Labute approximate surface area is 142 Å². The van der Waals surface area contributed by atoms with Crippen molar-refractivity contribution in [3.63, 3.8) is 0 Å². The minimum atomic E-state index is -0.115. The summed E-state index contributed by atoms with van der Waals surface area (Å²) >= 11 is 0. The molecule has 0 radical (unpaired) electrons. The van der Waals surface area contributed by atoms with E-state index in [-0.39, 0.29) is 30.4 Å². The van der Waals surface area contributed by atoms with E-state index in [2.05, 4.69) is 16.0 Å². The lowest BCUT2D eigenvalue weighted by atomic mass is 10.0. The SMILES string of the molecule is Cl.O=C(Nc1cccc(N2CCCNC2=O)c1)C1CCCCN1. The van der Waals surface area contributed by atoms with Gasteiger partial charge in [-0.05, 0) is 44.0 Å². The summed E-state index contributed by atoms with van der Waals surface area (Å²) in [7, 11) is 0. The number of nitrogens with zero attached hydrogens (tertiary/aromatic N) is 1. The van der Waals surface area contributed by atoms with E-state index in [4.69, 9.17) is 0 Å². The van der Waals surface area contributed by atoms with Gasteiger partial charge < -0.3 is 16.0 Å². The molecule has 1 atom stereocenters. The Hall–Kier alpha value is -1.79. The van der Waals surface area contributed by atoms with Crippen molar-refractivity contribution in [2.24, 2.45) is 0 Å². The summed E-state index contributed by atoms with van der Waals surface area (Å²) in [6, 6.07) is 7.26. The molecule has 2 saturated heterocycles. The van der Waals surface area contributed by atoms with E-state index in [1.807, 2.05) is 24.3 Å². The second-order valence-corrected chi connectivity index (χ2v) is 5.78. The molecule has 0 aliphatic carbocycles. The molecular weight excluding hydrogens is 316 g/mol. The maximum Gasteiger partial charge on any atom is 0.321 e. The van der Waals surface area contributed by atoms with Gasteiger partial charge in [-0.15, -0.1) is 12.4 Å². The molecule has 3 N–H and O–H groups in total. The molecule has 0 saturated carbocycles. The van der Waals surface area contributed by atoms with E-state index in [1.54, 1.807) is 4.90 Å². The van der Waals surface area contributed by atoms with Gasteiger partial charge >= 0.3 is 6.03 Å². The number of amides is 3. The van der Waals surface area contributed by atoms with Crippen LogP contribution in [0.1, 0.15) is 25.7 Å². The van der Waals surface area contributed by atoms with Crippen LogP contribution in [0.4, 0.5) is 16.2 Å². The number of benzene rings is 1. The highest BCUT2D eigenvalue weighted by molar-refractivity contribution is 5.97. The Balaban J connectivity index is 0.00000192. The van der Waals surface area contributed by atoms with Crippen LogP contribution in [-0.4, -0.2) is 37.6 Å². The van der Waals surface area contributed by atoms with Gasteiger partial charge in [0, 0.05) is 24.5 Å². The number of hydrogen-bond donors (Lipinski definition) is 3. The van der Waals surface area contributed by atoms with E-state index in [9.17, 15) is 9.59 Å². The van der Waals surface area contributed by atoms with Crippen molar-refractivity contribution in [2.45, 2.75) is 31.7 Å². The van der Waals surface area contributed by atoms with Crippen LogP contribution in [0, 0.1) is 0 Å². The quantitative estimate of drug-likeness (QED) is 0.790. The van der Waals surface area contributed by atoms with Crippen molar-refractivity contribution in [3.8, 4) is 0 Å². The smallest absolute Gasteiger partial charge is 0.321 e. The Morgan fingerprint density at radius 1 is 1.22 bits per heavy atom. The van der Waals surface area contributed by atoms with Gasteiger partial charge in [-0.2, -0.15) is 0 Å². The first-order valence-corrected chi connectivity index (χ1v) is 7.94. The van der Waals surface area contributed by atoms with Gasteiger partial charge in [0.2, 0.25) is 5.91 Å². The summed E-state index contributed by atoms with van der Waals surface area (Å²) in [6.45, 7) is 2.32. The molecule has 1 unspecified atom stereocenters. The molecule has 1 aromatic rings. The van der Waals surface area contributed by atoms with Crippen LogP contribution in [0.5, 0.6) is 0 Å². The number of hydrogen-bond acceptors (Lipinski definition) is 3. The molecule has 0 aromatic heterocycles. The van der Waals surface area contributed by atoms with Gasteiger partial charge in [-0.1, -0.05) is 12.5 Å². The summed E-state index contributed by atoms with van der Waals surface area (Å²) < 4.78 is 0. The van der Waals surface area contributed by atoms with Crippen LogP contribution >= 0.6 is 12.4 Å². The van der Waals surface area contributed by atoms with E-state index in [0.29, 0.717) is 6.54 Å². The second-order valence-electron chi connectivity index (χ2n) is 5.78. The fraction of sp³-hybridized carbons (Fsp3) is 0.500. The summed E-state index contributed by atoms with van der Waals surface area (Å²) in [5.74, 6) is -0.0000503. The Morgan fingerprint density at radius 2 is 2.09 bits per heavy atom. The average molecular weight is 339 g/mol. The van der Waals surface area contributed by atoms with Crippen molar-refractivity contribution in [3.05, 3.63) is 24.3 Å². The molecule has 23 heavy (non-hydrogen) atoms. The molecule has 1 aromatic carbocycles. The van der Waals surface area contributed by atoms with Crippen LogP contribution in [-0.2, 0) is 4.79 Å². The van der Waals surface area contributed by atoms with Crippen molar-refractivity contribution >= 4 is 35.7 Å². The number of halogens is 1. The highest BCUT2D eigenvalue weighted by atomic mass is 35.5. The summed E-state index contributed by atoms with van der Waals surface area (Å²) in [5, 5.41) is 9.02. The van der Waals surface area contributed by atoms with E-state index >= 15 is 0 Å². The molecule has 3 amide bonds. The second kappa shape index (κ2) is 8.17. The molecule has 2 heterocycles. The van der Waals surface area contributed by atoms with Crippen LogP contribution < -0.4 is 20.9 Å². The number of anilines is 2. The molecule has 126 valence electrons. The number of rotatable bonds is 3. The maximum atomic E-state index is 12.3. The predicted molar refractivity (Wildman–Crippen MR) is 93.3 cm³/mol. The fourth-order valence-corrected chi connectivity index (χ4v) is 2.93. The highest BCUT2D eigenvalue weighted by Gasteiger charge is 2.22. The van der Waals surface area contributed by atoms with E-state index < -0.39 is 0 Å². The molecule has 0 bridgehead atoms. The Bertz CT molecular complexity index is 561. The molecule has 7 heteroatoms. The number of urea groups is 1. The first kappa shape index (κ1) is 17.6. The first-order chi connectivity index (χ1) is 10.7. The van der Waals surface area contributed by atoms with Crippen molar-refractivity contribution in [1.82, 2.24) is 10.6 Å². The maximum absolute atomic E-state index is 12.3. The molecule has 3 rings (SSSR count). The number of nitrogens with one attached hydrogen (secondary N) is 3. The third-order valence-electron chi connectivity index (χ3n) is 4.13. The van der Waals surface area contributed by atoms with Gasteiger partial charge in [0.25, 0.3) is 0 Å². The van der Waals surface area contributed by atoms with Gasteiger partial charge in [-0.25, -0.2) is 4.79 Å². The summed E-state index contributed by atoms with van der Waals surface area (Å²) in [6.07, 6.45) is 4.01. The topological polar surface area (TPSA) is 73.5 Å². The molecule has 0 spiro atoms. The van der Waals surface area contributed by atoms with Gasteiger partial charge in [0.15, 0.2) is 0 Å². The molecule has 6 nitrogen and oxygen atoms in total. The van der Waals surface area contributed by atoms with Crippen LogP contribution in [0.2, 0.25) is 0 Å². The molecule has 2 aliphatic rings. The van der Waals surface area contributed by atoms with E-state index in [0.717, 1.165) is 50.1 Å². The molecule has 2 fully saturated rings. The number of carbonyl (C=O) groups is 2. The number of piperidine rings is 1.